The Morgan fingerprint density at radius 3 is 2.89 bits per heavy atom. The lowest BCUT2D eigenvalue weighted by Gasteiger charge is -2.16. The van der Waals surface area contributed by atoms with Crippen LogP contribution in [0.15, 0.2) is 34.8 Å². The van der Waals surface area contributed by atoms with E-state index in [0.29, 0.717) is 4.96 Å². The van der Waals surface area contributed by atoms with Crippen molar-refractivity contribution in [3.05, 3.63) is 46.2 Å². The molecule has 3 aromatic heterocycles. The number of aliphatic hydroxyl groups is 2. The van der Waals surface area contributed by atoms with Gasteiger partial charge in [-0.15, -0.1) is 11.3 Å². The summed E-state index contributed by atoms with van der Waals surface area (Å²) in [5, 5.41) is 24.9. The molecule has 0 aliphatic carbocycles. The summed E-state index contributed by atoms with van der Waals surface area (Å²) < 4.78 is 8.33. The molecule has 1 amide bonds. The van der Waals surface area contributed by atoms with E-state index in [-0.39, 0.29) is 18.1 Å². The zero-order valence-corrected chi connectivity index (χ0v) is 14.6. The number of hydrogen-bond acceptors (Lipinski definition) is 9. The van der Waals surface area contributed by atoms with Gasteiger partial charge in [0.05, 0.1) is 0 Å². The molecular formula is C15H16N6O5S. The van der Waals surface area contributed by atoms with E-state index in [1.54, 1.807) is 16.8 Å². The molecule has 0 unspecified atom stereocenters. The molecule has 0 bridgehead atoms. The second-order valence-corrected chi connectivity index (χ2v) is 6.89. The lowest BCUT2D eigenvalue weighted by Crippen LogP contribution is -2.40. The number of hydrogen-bond donors (Lipinski definition) is 4. The van der Waals surface area contributed by atoms with Crippen LogP contribution < -0.4 is 16.7 Å². The van der Waals surface area contributed by atoms with Gasteiger partial charge in [0.2, 0.25) is 0 Å². The quantitative estimate of drug-likeness (QED) is 0.421. The number of nitrogens with one attached hydrogen (secondary N) is 1. The fourth-order valence-corrected chi connectivity index (χ4v) is 3.57. The summed E-state index contributed by atoms with van der Waals surface area (Å²) >= 11 is 1.40. The zero-order chi connectivity index (χ0) is 19.1. The number of thiazole rings is 1. The molecule has 4 heterocycles. The van der Waals surface area contributed by atoms with Gasteiger partial charge in [-0.05, 0) is 6.07 Å². The molecule has 0 radical (unpaired) electrons. The van der Waals surface area contributed by atoms with Gasteiger partial charge in [-0.25, -0.2) is 9.78 Å². The fraction of sp³-hybridized carbons (Fsp3) is 0.333. The van der Waals surface area contributed by atoms with Crippen LogP contribution in [0, 0.1) is 0 Å². The van der Waals surface area contributed by atoms with Crippen molar-refractivity contribution in [3.63, 3.8) is 0 Å². The molecule has 0 aromatic carbocycles. The van der Waals surface area contributed by atoms with Gasteiger partial charge in [0, 0.05) is 30.5 Å². The monoisotopic (exact) mass is 392 g/mol. The summed E-state index contributed by atoms with van der Waals surface area (Å²) in [5.74, 6) is -0.404. The highest BCUT2D eigenvalue weighted by Crippen LogP contribution is 2.28. The predicted molar refractivity (Wildman–Crippen MR) is 94.2 cm³/mol. The highest BCUT2D eigenvalue weighted by molar-refractivity contribution is 7.15. The topological polar surface area (TPSA) is 157 Å². The summed E-state index contributed by atoms with van der Waals surface area (Å²) in [7, 11) is 0. The number of nitrogen functional groups attached to an aromatic ring is 1. The third kappa shape index (κ3) is 3.19. The Morgan fingerprint density at radius 1 is 1.33 bits per heavy atom. The summed E-state index contributed by atoms with van der Waals surface area (Å²) in [5.41, 5.74) is 4.95. The molecule has 1 aliphatic rings. The Labute approximate surface area is 155 Å². The van der Waals surface area contributed by atoms with Crippen molar-refractivity contribution in [2.75, 3.05) is 12.3 Å². The van der Waals surface area contributed by atoms with Gasteiger partial charge in [-0.2, -0.15) is 4.98 Å². The highest BCUT2D eigenvalue weighted by Gasteiger charge is 2.44. The number of anilines is 1. The van der Waals surface area contributed by atoms with Gasteiger partial charge < -0.3 is 26.0 Å². The SMILES string of the molecule is Nc1ccn([C@@H]2O[C@H](CNC(=O)c3cn4ccsc4n3)[C@@H](O)[C@H]2O)c(=O)n1. The number of ether oxygens (including phenoxy) is 1. The van der Waals surface area contributed by atoms with Crippen LogP contribution in [0.2, 0.25) is 0 Å². The molecule has 1 saturated heterocycles. The number of imidazole rings is 1. The first-order chi connectivity index (χ1) is 12.9. The second-order valence-electron chi connectivity index (χ2n) is 6.02. The lowest BCUT2D eigenvalue weighted by atomic mass is 10.1. The normalized spacial score (nSPS) is 25.1. The third-order valence-corrected chi connectivity index (χ3v) is 5.02. The smallest absolute Gasteiger partial charge is 0.351 e. The number of carbonyl (C=O) groups excluding carboxylic acids is 1. The maximum absolute atomic E-state index is 12.2. The average molecular weight is 392 g/mol. The van der Waals surface area contributed by atoms with Crippen molar-refractivity contribution >= 4 is 28.0 Å². The number of carbonyl (C=O) groups is 1. The number of amides is 1. The molecular weight excluding hydrogens is 376 g/mol. The van der Waals surface area contributed by atoms with E-state index in [2.05, 4.69) is 15.3 Å². The molecule has 4 atom stereocenters. The largest absolute Gasteiger partial charge is 0.387 e. The van der Waals surface area contributed by atoms with Crippen LogP contribution in [0.5, 0.6) is 0 Å². The van der Waals surface area contributed by atoms with Gasteiger partial charge in [0.15, 0.2) is 11.2 Å². The van der Waals surface area contributed by atoms with Crippen LogP contribution in [0.3, 0.4) is 0 Å². The van der Waals surface area contributed by atoms with Crippen molar-refractivity contribution in [3.8, 4) is 0 Å². The first-order valence-corrected chi connectivity index (χ1v) is 8.88. The van der Waals surface area contributed by atoms with Crippen molar-refractivity contribution in [1.29, 1.82) is 0 Å². The third-order valence-electron chi connectivity index (χ3n) is 4.25. The van der Waals surface area contributed by atoms with Crippen molar-refractivity contribution in [1.82, 2.24) is 24.3 Å². The molecule has 27 heavy (non-hydrogen) atoms. The Hall–Kier alpha value is -2.80. The van der Waals surface area contributed by atoms with E-state index < -0.39 is 36.1 Å². The van der Waals surface area contributed by atoms with Crippen LogP contribution in [-0.4, -0.2) is 59.9 Å². The molecule has 4 rings (SSSR count). The molecule has 5 N–H and O–H groups in total. The van der Waals surface area contributed by atoms with E-state index in [4.69, 9.17) is 10.5 Å². The first-order valence-electron chi connectivity index (χ1n) is 8.00. The summed E-state index contributed by atoms with van der Waals surface area (Å²) in [4.78, 5) is 32.6. The molecule has 142 valence electrons. The Bertz CT molecular complexity index is 1020. The number of aliphatic hydroxyl groups excluding tert-OH is 2. The van der Waals surface area contributed by atoms with Crippen LogP contribution in [0.1, 0.15) is 16.7 Å². The molecule has 11 nitrogen and oxygen atoms in total. The lowest BCUT2D eigenvalue weighted by molar-refractivity contribution is -0.0386. The molecule has 1 aliphatic heterocycles. The van der Waals surface area contributed by atoms with Gasteiger partial charge >= 0.3 is 5.69 Å². The molecule has 12 heteroatoms. The van der Waals surface area contributed by atoms with E-state index in [1.165, 1.54) is 23.6 Å². The van der Waals surface area contributed by atoms with E-state index >= 15 is 0 Å². The standard InChI is InChI=1S/C15H16N6O5S/c16-9-1-2-21(14(25)19-9)13-11(23)10(22)8(26-13)5-17-12(24)7-6-20-3-4-27-15(20)18-7/h1-4,6,8,10-11,13,22-23H,5H2,(H,17,24)(H2,16,19,25)/t8-,10-,11-,13-/m1/s1. The number of nitrogens with two attached hydrogens (primary N) is 1. The minimum Gasteiger partial charge on any atom is -0.387 e. The number of aromatic nitrogens is 4. The van der Waals surface area contributed by atoms with Crippen LogP contribution >= 0.6 is 11.3 Å². The second kappa shape index (κ2) is 6.74. The Kier molecular flexibility index (Phi) is 4.39. The van der Waals surface area contributed by atoms with Crippen LogP contribution in [0.25, 0.3) is 4.96 Å². The molecule has 0 spiro atoms. The highest BCUT2D eigenvalue weighted by atomic mass is 32.1. The fourth-order valence-electron chi connectivity index (χ4n) is 2.87. The van der Waals surface area contributed by atoms with E-state index in [9.17, 15) is 19.8 Å². The Balaban J connectivity index is 1.44. The van der Waals surface area contributed by atoms with Gasteiger partial charge in [0.1, 0.15) is 29.8 Å². The molecule has 1 fully saturated rings. The van der Waals surface area contributed by atoms with Crippen LogP contribution in [0.4, 0.5) is 5.82 Å². The van der Waals surface area contributed by atoms with Gasteiger partial charge in [0.25, 0.3) is 5.91 Å². The number of rotatable bonds is 4. The first kappa shape index (κ1) is 17.6. The number of nitrogens with zero attached hydrogens (tertiary/aromatic N) is 4. The van der Waals surface area contributed by atoms with Crippen molar-refractivity contribution < 1.29 is 19.7 Å². The van der Waals surface area contributed by atoms with Crippen LogP contribution in [-0.2, 0) is 4.74 Å². The maximum Gasteiger partial charge on any atom is 0.351 e. The minimum absolute atomic E-state index is 0.0353. The Morgan fingerprint density at radius 2 is 2.15 bits per heavy atom. The van der Waals surface area contributed by atoms with Gasteiger partial charge in [-0.3, -0.25) is 13.8 Å². The summed E-state index contributed by atoms with van der Waals surface area (Å²) in [6.07, 6.45) is -0.0257. The molecule has 3 aromatic rings. The maximum atomic E-state index is 12.2. The van der Waals surface area contributed by atoms with Crippen molar-refractivity contribution in [2.24, 2.45) is 0 Å². The van der Waals surface area contributed by atoms with E-state index in [1.807, 2.05) is 5.38 Å². The number of fused-ring (bicyclic) bond motifs is 1. The average Bonchev–Trinajstić information content (AvgIpc) is 3.29. The van der Waals surface area contributed by atoms with Crippen molar-refractivity contribution in [2.45, 2.75) is 24.5 Å². The zero-order valence-electron chi connectivity index (χ0n) is 13.8. The van der Waals surface area contributed by atoms with E-state index in [0.717, 1.165) is 4.57 Å². The minimum atomic E-state index is -1.37. The summed E-state index contributed by atoms with van der Waals surface area (Å²) in [6, 6.07) is 1.38. The predicted octanol–water partition coefficient (Wildman–Crippen LogP) is -1.42. The summed E-state index contributed by atoms with van der Waals surface area (Å²) in [6.45, 7) is -0.0735. The molecule has 0 saturated carbocycles. The van der Waals surface area contributed by atoms with Gasteiger partial charge in [-0.1, -0.05) is 0 Å².